The highest BCUT2D eigenvalue weighted by Crippen LogP contribution is 2.06. The van der Waals surface area contributed by atoms with Gasteiger partial charge in [0, 0.05) is 12.0 Å². The van der Waals surface area contributed by atoms with E-state index >= 15 is 0 Å². The summed E-state index contributed by atoms with van der Waals surface area (Å²) in [5, 5.41) is 10.7. The van der Waals surface area contributed by atoms with Gasteiger partial charge in [0.25, 0.3) is 5.91 Å². The van der Waals surface area contributed by atoms with E-state index in [2.05, 4.69) is 0 Å². The van der Waals surface area contributed by atoms with Gasteiger partial charge >= 0.3 is 5.97 Å². The second kappa shape index (κ2) is 5.93. The van der Waals surface area contributed by atoms with Crippen molar-refractivity contribution in [1.82, 2.24) is 5.32 Å². The molecule has 0 fully saturated rings. The van der Waals surface area contributed by atoms with Crippen LogP contribution in [-0.4, -0.2) is 29.5 Å². The third-order valence-electron chi connectivity index (χ3n) is 2.05. The van der Waals surface area contributed by atoms with E-state index in [1.54, 1.807) is 18.2 Å². The molecule has 0 saturated heterocycles. The van der Waals surface area contributed by atoms with Gasteiger partial charge in [-0.05, 0) is 12.1 Å². The Balaban J connectivity index is 2.68. The molecule has 92 valence electrons. The standard InChI is InChI=1S/C11H11F2NO3/c12-9(13)6-8(11(16)17)14-10(15)7-4-2-1-3-5-7/h1-5,8-9H,6H2,(H,14,15)(H,16,17). The minimum absolute atomic E-state index is 0.230. The maximum atomic E-state index is 12.1. The monoisotopic (exact) mass is 243 g/mol. The summed E-state index contributed by atoms with van der Waals surface area (Å²) >= 11 is 0. The molecule has 0 aromatic heterocycles. The summed E-state index contributed by atoms with van der Waals surface area (Å²) in [6.45, 7) is 0. The maximum absolute atomic E-state index is 12.1. The Morgan fingerprint density at radius 2 is 1.82 bits per heavy atom. The topological polar surface area (TPSA) is 66.4 Å². The molecular weight excluding hydrogens is 232 g/mol. The number of halogens is 2. The third-order valence-corrected chi connectivity index (χ3v) is 2.05. The zero-order valence-corrected chi connectivity index (χ0v) is 8.77. The fourth-order valence-corrected chi connectivity index (χ4v) is 1.23. The largest absolute Gasteiger partial charge is 0.480 e. The lowest BCUT2D eigenvalue weighted by molar-refractivity contribution is -0.140. The number of hydrogen-bond acceptors (Lipinski definition) is 2. The number of carbonyl (C=O) groups excluding carboxylic acids is 1. The second-order valence-corrected chi connectivity index (χ2v) is 3.36. The third kappa shape index (κ3) is 4.18. The van der Waals surface area contributed by atoms with Gasteiger partial charge < -0.3 is 10.4 Å². The van der Waals surface area contributed by atoms with E-state index in [1.807, 2.05) is 5.32 Å². The zero-order valence-electron chi connectivity index (χ0n) is 8.77. The van der Waals surface area contributed by atoms with Crippen molar-refractivity contribution in [3.63, 3.8) is 0 Å². The number of amides is 1. The molecule has 1 aromatic rings. The van der Waals surface area contributed by atoms with Crippen LogP contribution in [0.25, 0.3) is 0 Å². The molecule has 1 rings (SSSR count). The van der Waals surface area contributed by atoms with Crippen molar-refractivity contribution in [2.45, 2.75) is 18.9 Å². The van der Waals surface area contributed by atoms with Crippen molar-refractivity contribution in [2.24, 2.45) is 0 Å². The highest BCUT2D eigenvalue weighted by atomic mass is 19.3. The van der Waals surface area contributed by atoms with Crippen LogP contribution in [0.5, 0.6) is 0 Å². The molecule has 0 aliphatic carbocycles. The predicted octanol–water partition coefficient (Wildman–Crippen LogP) is 1.52. The first-order valence-corrected chi connectivity index (χ1v) is 4.87. The highest BCUT2D eigenvalue weighted by Gasteiger charge is 2.24. The number of carbonyl (C=O) groups is 2. The summed E-state index contributed by atoms with van der Waals surface area (Å²) in [4.78, 5) is 22.2. The van der Waals surface area contributed by atoms with Gasteiger partial charge in [-0.1, -0.05) is 18.2 Å². The van der Waals surface area contributed by atoms with Crippen LogP contribution in [0.3, 0.4) is 0 Å². The average molecular weight is 243 g/mol. The number of carboxylic acids is 1. The molecule has 0 heterocycles. The Kier molecular flexibility index (Phi) is 4.56. The van der Waals surface area contributed by atoms with Gasteiger partial charge in [0.05, 0.1) is 0 Å². The van der Waals surface area contributed by atoms with E-state index in [9.17, 15) is 18.4 Å². The van der Waals surface area contributed by atoms with E-state index in [0.29, 0.717) is 0 Å². The Morgan fingerprint density at radius 3 is 2.29 bits per heavy atom. The number of aliphatic carboxylic acids is 1. The van der Waals surface area contributed by atoms with Gasteiger partial charge in [0.2, 0.25) is 6.43 Å². The van der Waals surface area contributed by atoms with Crippen LogP contribution in [0.2, 0.25) is 0 Å². The van der Waals surface area contributed by atoms with E-state index in [-0.39, 0.29) is 5.56 Å². The average Bonchev–Trinajstić information content (AvgIpc) is 2.28. The molecule has 17 heavy (non-hydrogen) atoms. The van der Waals surface area contributed by atoms with Crippen LogP contribution in [0.4, 0.5) is 8.78 Å². The Morgan fingerprint density at radius 1 is 1.24 bits per heavy atom. The van der Waals surface area contributed by atoms with Crippen molar-refractivity contribution in [3.8, 4) is 0 Å². The number of benzene rings is 1. The van der Waals surface area contributed by atoms with Crippen LogP contribution in [-0.2, 0) is 4.79 Å². The number of nitrogens with one attached hydrogen (secondary N) is 1. The SMILES string of the molecule is O=C(NC(CC(F)F)C(=O)O)c1ccccc1. The Hall–Kier alpha value is -1.98. The molecule has 0 spiro atoms. The van der Waals surface area contributed by atoms with Gasteiger partial charge in [-0.2, -0.15) is 0 Å². The lowest BCUT2D eigenvalue weighted by Gasteiger charge is -2.13. The van der Waals surface area contributed by atoms with Gasteiger partial charge in [-0.15, -0.1) is 0 Å². The predicted molar refractivity (Wildman–Crippen MR) is 56.0 cm³/mol. The van der Waals surface area contributed by atoms with Crippen LogP contribution in [0.1, 0.15) is 16.8 Å². The molecule has 0 aliphatic heterocycles. The first-order valence-electron chi connectivity index (χ1n) is 4.87. The van der Waals surface area contributed by atoms with Crippen molar-refractivity contribution in [3.05, 3.63) is 35.9 Å². The quantitative estimate of drug-likeness (QED) is 0.824. The van der Waals surface area contributed by atoms with Gasteiger partial charge in [0.1, 0.15) is 6.04 Å². The van der Waals surface area contributed by atoms with E-state index < -0.39 is 30.8 Å². The summed E-state index contributed by atoms with van der Waals surface area (Å²) in [5.41, 5.74) is 0.230. The van der Waals surface area contributed by atoms with Crippen LogP contribution < -0.4 is 5.32 Å². The number of rotatable bonds is 5. The van der Waals surface area contributed by atoms with Crippen molar-refractivity contribution >= 4 is 11.9 Å². The zero-order chi connectivity index (χ0) is 12.8. The van der Waals surface area contributed by atoms with Gasteiger partial charge in [-0.25, -0.2) is 13.6 Å². The summed E-state index contributed by atoms with van der Waals surface area (Å²) in [5.74, 6) is -2.16. The fraction of sp³-hybridized carbons (Fsp3) is 0.273. The summed E-state index contributed by atoms with van der Waals surface area (Å²) < 4.78 is 24.2. The molecule has 2 N–H and O–H groups in total. The summed E-state index contributed by atoms with van der Waals surface area (Å²) in [6, 6.07) is 6.23. The van der Waals surface area contributed by atoms with Crippen LogP contribution in [0, 0.1) is 0 Å². The second-order valence-electron chi connectivity index (χ2n) is 3.36. The Labute approximate surface area is 96.3 Å². The molecule has 6 heteroatoms. The lowest BCUT2D eigenvalue weighted by atomic mass is 10.1. The van der Waals surface area contributed by atoms with E-state index in [4.69, 9.17) is 5.11 Å². The molecule has 0 radical (unpaired) electrons. The smallest absolute Gasteiger partial charge is 0.326 e. The van der Waals surface area contributed by atoms with Crippen LogP contribution >= 0.6 is 0 Å². The van der Waals surface area contributed by atoms with Crippen molar-refractivity contribution in [2.75, 3.05) is 0 Å². The number of carboxylic acid groups (broad SMARTS) is 1. The summed E-state index contributed by atoms with van der Waals surface area (Å²) in [6.07, 6.45) is -3.69. The van der Waals surface area contributed by atoms with Crippen LogP contribution in [0.15, 0.2) is 30.3 Å². The fourth-order valence-electron chi connectivity index (χ4n) is 1.23. The van der Waals surface area contributed by atoms with Crippen molar-refractivity contribution < 1.29 is 23.5 Å². The summed E-state index contributed by atoms with van der Waals surface area (Å²) in [7, 11) is 0. The molecule has 4 nitrogen and oxygen atoms in total. The van der Waals surface area contributed by atoms with Gasteiger partial charge in [-0.3, -0.25) is 4.79 Å². The molecular formula is C11H11F2NO3. The van der Waals surface area contributed by atoms with Gasteiger partial charge in [0.15, 0.2) is 0 Å². The molecule has 0 bridgehead atoms. The highest BCUT2D eigenvalue weighted by molar-refractivity contribution is 5.96. The van der Waals surface area contributed by atoms with E-state index in [1.165, 1.54) is 12.1 Å². The minimum Gasteiger partial charge on any atom is -0.480 e. The molecule has 1 amide bonds. The number of hydrogen-bond donors (Lipinski definition) is 2. The molecule has 1 aromatic carbocycles. The van der Waals surface area contributed by atoms with E-state index in [0.717, 1.165) is 0 Å². The lowest BCUT2D eigenvalue weighted by Crippen LogP contribution is -2.42. The molecule has 1 atom stereocenters. The van der Waals surface area contributed by atoms with Crippen molar-refractivity contribution in [1.29, 1.82) is 0 Å². The normalized spacial score (nSPS) is 12.2. The molecule has 1 unspecified atom stereocenters. The molecule has 0 saturated carbocycles. The molecule has 0 aliphatic rings. The first kappa shape index (κ1) is 13.1. The minimum atomic E-state index is -2.79. The number of alkyl halides is 2. The maximum Gasteiger partial charge on any atom is 0.326 e. The Bertz CT molecular complexity index is 395. The first-order chi connectivity index (χ1) is 8.00.